The van der Waals surface area contributed by atoms with Crippen LogP contribution in [0.15, 0.2) is 47.4 Å². The molecule has 0 saturated carbocycles. The molecule has 38 heavy (non-hydrogen) atoms. The van der Waals surface area contributed by atoms with Gasteiger partial charge in [-0.3, -0.25) is 14.5 Å². The molecule has 9 nitrogen and oxygen atoms in total. The van der Waals surface area contributed by atoms with Gasteiger partial charge in [0.25, 0.3) is 5.91 Å². The number of carbonyl (C=O) groups excluding carboxylic acids is 2. The van der Waals surface area contributed by atoms with Gasteiger partial charge >= 0.3 is 0 Å². The molecule has 0 radical (unpaired) electrons. The Bertz CT molecular complexity index is 1290. The summed E-state index contributed by atoms with van der Waals surface area (Å²) in [6, 6.07) is 13.6. The molecule has 5 rings (SSSR count). The number of piperidine rings is 2. The number of aryl methyl sites for hydroxylation is 1. The number of nitrogens with zero attached hydrogens (tertiary/aromatic N) is 2. The van der Waals surface area contributed by atoms with E-state index in [1.54, 1.807) is 19.9 Å². The normalized spacial score (nSPS) is 23.3. The summed E-state index contributed by atoms with van der Waals surface area (Å²) in [5, 5.41) is 5.95. The predicted octanol–water partition coefficient (Wildman–Crippen LogP) is 2.90. The number of carbonyl (C=O) groups is 2. The lowest BCUT2D eigenvalue weighted by Gasteiger charge is -2.35. The summed E-state index contributed by atoms with van der Waals surface area (Å²) in [4.78, 5) is 27.6. The molecule has 3 aliphatic rings. The van der Waals surface area contributed by atoms with Crippen LogP contribution < -0.4 is 15.4 Å². The molecule has 2 aromatic carbocycles. The Balaban J connectivity index is 1.19. The molecule has 2 fully saturated rings. The number of rotatable bonds is 6. The fourth-order valence-electron chi connectivity index (χ4n) is 5.53. The number of hydrogen-bond donors (Lipinski definition) is 2. The van der Waals surface area contributed by atoms with Gasteiger partial charge in [0.1, 0.15) is 5.75 Å². The monoisotopic (exact) mass is 540 g/mol. The molecule has 10 heteroatoms. The van der Waals surface area contributed by atoms with Crippen molar-refractivity contribution in [2.75, 3.05) is 31.5 Å². The third kappa shape index (κ3) is 5.72. The number of anilines is 1. The van der Waals surface area contributed by atoms with Crippen LogP contribution in [-0.2, 0) is 26.2 Å². The highest BCUT2D eigenvalue weighted by molar-refractivity contribution is 7.89. The predicted molar refractivity (Wildman–Crippen MR) is 144 cm³/mol. The largest absolute Gasteiger partial charge is 0.479 e. The van der Waals surface area contributed by atoms with Gasteiger partial charge in [0, 0.05) is 44.8 Å². The number of nitrogens with one attached hydrogen (secondary N) is 2. The van der Waals surface area contributed by atoms with E-state index in [2.05, 4.69) is 39.8 Å². The number of hydrogen-bond acceptors (Lipinski definition) is 6. The molecule has 0 unspecified atom stereocenters. The van der Waals surface area contributed by atoms with E-state index in [0.717, 1.165) is 32.5 Å². The molecule has 0 aromatic heterocycles. The molecule has 2 saturated heterocycles. The van der Waals surface area contributed by atoms with Gasteiger partial charge in [0.2, 0.25) is 15.9 Å². The molecule has 2 N–H and O–H groups in total. The molecule has 2 aromatic rings. The van der Waals surface area contributed by atoms with Crippen LogP contribution in [-0.4, -0.2) is 67.8 Å². The quantitative estimate of drug-likeness (QED) is 0.584. The summed E-state index contributed by atoms with van der Waals surface area (Å²) in [5.74, 6) is -0.367. The zero-order chi connectivity index (χ0) is 26.9. The molecule has 204 valence electrons. The number of ether oxygens (including phenoxy) is 1. The highest BCUT2D eigenvalue weighted by Gasteiger charge is 2.36. The summed E-state index contributed by atoms with van der Waals surface area (Å²) < 4.78 is 34.3. The minimum Gasteiger partial charge on any atom is -0.479 e. The first-order chi connectivity index (χ1) is 18.2. The first-order valence-corrected chi connectivity index (χ1v) is 14.8. The minimum absolute atomic E-state index is 0.0616. The number of sulfonamides is 1. The molecule has 2 atom stereocenters. The highest BCUT2D eigenvalue weighted by atomic mass is 32.2. The lowest BCUT2D eigenvalue weighted by atomic mass is 9.97. The Morgan fingerprint density at radius 1 is 1.11 bits per heavy atom. The lowest BCUT2D eigenvalue weighted by Crippen LogP contribution is -2.50. The maximum atomic E-state index is 13.6. The third-order valence-corrected chi connectivity index (χ3v) is 9.77. The Morgan fingerprint density at radius 2 is 1.84 bits per heavy atom. The zero-order valence-corrected chi connectivity index (χ0v) is 22.8. The van der Waals surface area contributed by atoms with Crippen LogP contribution in [0.5, 0.6) is 5.75 Å². The molecular weight excluding hydrogens is 504 g/mol. The van der Waals surface area contributed by atoms with Gasteiger partial charge in [-0.25, -0.2) is 8.42 Å². The molecule has 0 bridgehead atoms. The summed E-state index contributed by atoms with van der Waals surface area (Å²) >= 11 is 0. The average Bonchev–Trinajstić information content (AvgIpc) is 2.91. The van der Waals surface area contributed by atoms with E-state index in [4.69, 9.17) is 4.74 Å². The van der Waals surface area contributed by atoms with Crippen molar-refractivity contribution in [2.24, 2.45) is 5.92 Å². The standard InChI is InChI=1S/C28H36N4O5S/c1-19-15-24-25(37-20(2)27(33)30-24)16-26(19)38(35,36)32-12-6-9-22(18-32)28(34)29-23-10-13-31(14-11-23)17-21-7-4-3-5-8-21/h3-5,7-8,15-16,20,22-23H,6,9-14,17-18H2,1-2H3,(H,29,34)(H,30,33)/t20-,22+/m1/s1. The van der Waals surface area contributed by atoms with Crippen molar-refractivity contribution in [3.8, 4) is 5.75 Å². The minimum atomic E-state index is -3.84. The Labute approximate surface area is 224 Å². The summed E-state index contributed by atoms with van der Waals surface area (Å²) in [5.41, 5.74) is 2.28. The zero-order valence-electron chi connectivity index (χ0n) is 22.0. The number of amides is 2. The molecule has 0 aliphatic carbocycles. The average molecular weight is 541 g/mol. The number of likely N-dealkylation sites (tertiary alicyclic amines) is 1. The molecule has 3 heterocycles. The summed E-state index contributed by atoms with van der Waals surface area (Å²) in [6.45, 7) is 6.60. The first-order valence-electron chi connectivity index (χ1n) is 13.4. The molecule has 3 aliphatic heterocycles. The van der Waals surface area contributed by atoms with Crippen molar-refractivity contribution in [1.29, 1.82) is 0 Å². The Morgan fingerprint density at radius 3 is 2.58 bits per heavy atom. The maximum absolute atomic E-state index is 13.6. The second-order valence-corrected chi connectivity index (χ2v) is 12.5. The fourth-order valence-corrected chi connectivity index (χ4v) is 7.28. The SMILES string of the molecule is Cc1cc2c(cc1S(=O)(=O)N1CCC[C@H](C(=O)NC3CCN(Cc4ccccc4)CC3)C1)O[C@H](C)C(=O)N2. The number of benzene rings is 2. The van der Waals surface area contributed by atoms with Crippen molar-refractivity contribution in [2.45, 2.75) is 63.1 Å². The molecule has 2 amide bonds. The van der Waals surface area contributed by atoms with Gasteiger partial charge in [-0.15, -0.1) is 0 Å². The van der Waals surface area contributed by atoms with Crippen LogP contribution in [0.1, 0.15) is 43.7 Å². The van der Waals surface area contributed by atoms with E-state index in [1.807, 2.05) is 6.07 Å². The van der Waals surface area contributed by atoms with Gasteiger partial charge in [-0.2, -0.15) is 4.31 Å². The fraction of sp³-hybridized carbons (Fsp3) is 0.500. The smallest absolute Gasteiger partial charge is 0.265 e. The third-order valence-electron chi connectivity index (χ3n) is 7.76. The lowest BCUT2D eigenvalue weighted by molar-refractivity contribution is -0.127. The van der Waals surface area contributed by atoms with E-state index in [0.29, 0.717) is 36.4 Å². The second kappa shape index (κ2) is 11.0. The highest BCUT2D eigenvalue weighted by Crippen LogP contribution is 2.36. The van der Waals surface area contributed by atoms with Crippen LogP contribution in [0.2, 0.25) is 0 Å². The van der Waals surface area contributed by atoms with Crippen molar-refractivity contribution >= 4 is 27.5 Å². The van der Waals surface area contributed by atoms with Gasteiger partial charge in [-0.05, 0) is 56.7 Å². The van der Waals surface area contributed by atoms with Crippen molar-refractivity contribution in [1.82, 2.24) is 14.5 Å². The Kier molecular flexibility index (Phi) is 7.74. The van der Waals surface area contributed by atoms with Crippen molar-refractivity contribution < 1.29 is 22.7 Å². The summed E-state index contributed by atoms with van der Waals surface area (Å²) in [6.07, 6.45) is 2.36. The van der Waals surface area contributed by atoms with Crippen LogP contribution in [0.3, 0.4) is 0 Å². The van der Waals surface area contributed by atoms with Crippen molar-refractivity contribution in [3.05, 3.63) is 53.6 Å². The topological polar surface area (TPSA) is 108 Å². The first kappa shape index (κ1) is 26.6. The van der Waals surface area contributed by atoms with Gasteiger partial charge < -0.3 is 15.4 Å². The number of fused-ring (bicyclic) bond motifs is 1. The van der Waals surface area contributed by atoms with Crippen LogP contribution >= 0.6 is 0 Å². The van der Waals surface area contributed by atoms with Crippen molar-refractivity contribution in [3.63, 3.8) is 0 Å². The van der Waals surface area contributed by atoms with E-state index in [1.165, 1.54) is 15.9 Å². The maximum Gasteiger partial charge on any atom is 0.265 e. The molecule has 0 spiro atoms. The van der Waals surface area contributed by atoms with Crippen LogP contribution in [0.25, 0.3) is 0 Å². The summed E-state index contributed by atoms with van der Waals surface area (Å²) in [7, 11) is -3.84. The van der Waals surface area contributed by atoms with Crippen LogP contribution in [0.4, 0.5) is 5.69 Å². The second-order valence-electron chi connectivity index (χ2n) is 10.6. The van der Waals surface area contributed by atoms with E-state index in [9.17, 15) is 18.0 Å². The van der Waals surface area contributed by atoms with E-state index < -0.39 is 16.1 Å². The van der Waals surface area contributed by atoms with E-state index in [-0.39, 0.29) is 35.2 Å². The van der Waals surface area contributed by atoms with Gasteiger partial charge in [0.05, 0.1) is 16.5 Å². The Hall–Kier alpha value is -2.95. The van der Waals surface area contributed by atoms with E-state index >= 15 is 0 Å². The van der Waals surface area contributed by atoms with Gasteiger partial charge in [-0.1, -0.05) is 30.3 Å². The van der Waals surface area contributed by atoms with Gasteiger partial charge in [0.15, 0.2) is 6.10 Å². The van der Waals surface area contributed by atoms with Crippen LogP contribution in [0, 0.1) is 12.8 Å². The molecular formula is C28H36N4O5S.